The number of halogens is 1. The summed E-state index contributed by atoms with van der Waals surface area (Å²) in [6.07, 6.45) is 3.59. The Hall–Kier alpha value is -2.22. The molecule has 1 atom stereocenters. The van der Waals surface area contributed by atoms with Crippen molar-refractivity contribution in [2.45, 2.75) is 46.5 Å². The van der Waals surface area contributed by atoms with Gasteiger partial charge in [0.2, 0.25) is 0 Å². The topological polar surface area (TPSA) is 48.0 Å². The lowest BCUT2D eigenvalue weighted by atomic mass is 9.99. The molecule has 1 saturated heterocycles. The molecule has 0 radical (unpaired) electrons. The van der Waals surface area contributed by atoms with Crippen molar-refractivity contribution in [3.63, 3.8) is 0 Å². The number of nitrogens with zero attached hydrogens (tertiary/aromatic N) is 1. The van der Waals surface area contributed by atoms with Gasteiger partial charge in [0.15, 0.2) is 11.5 Å². The van der Waals surface area contributed by atoms with E-state index in [1.165, 1.54) is 17.3 Å². The molecule has 188 valence electrons. The lowest BCUT2D eigenvalue weighted by Crippen LogP contribution is -2.27. The summed E-state index contributed by atoms with van der Waals surface area (Å²) in [6.45, 7) is 10.2. The first kappa shape index (κ1) is 27.4. The van der Waals surface area contributed by atoms with Crippen LogP contribution in [0.1, 0.15) is 57.6 Å². The van der Waals surface area contributed by atoms with E-state index >= 15 is 0 Å². The number of carbonyl (C=O) groups excluding carboxylic acids is 1. The van der Waals surface area contributed by atoms with Gasteiger partial charge in [-0.1, -0.05) is 61.6 Å². The van der Waals surface area contributed by atoms with Crippen molar-refractivity contribution in [1.29, 1.82) is 0 Å². The molecule has 2 aromatic carbocycles. The van der Waals surface area contributed by atoms with E-state index in [2.05, 4.69) is 26.0 Å². The predicted molar refractivity (Wildman–Crippen MR) is 149 cm³/mol. The van der Waals surface area contributed by atoms with Crippen molar-refractivity contribution in [2.75, 3.05) is 26.4 Å². The number of carbonyl (C=O) groups is 1. The van der Waals surface area contributed by atoms with Crippen LogP contribution in [-0.4, -0.2) is 41.5 Å². The highest BCUT2D eigenvalue weighted by Crippen LogP contribution is 2.39. The number of thiocarbonyl (C=S) groups is 1. The molecule has 1 amide bonds. The maximum Gasteiger partial charge on any atom is 0.266 e. The van der Waals surface area contributed by atoms with Crippen LogP contribution in [0.2, 0.25) is 5.02 Å². The van der Waals surface area contributed by atoms with E-state index in [9.17, 15) is 4.79 Å². The molecule has 1 aliphatic rings. The fourth-order valence-electron chi connectivity index (χ4n) is 3.55. The van der Waals surface area contributed by atoms with Crippen LogP contribution in [0.3, 0.4) is 0 Å². The quantitative estimate of drug-likeness (QED) is 0.162. The number of hydrogen-bond donors (Lipinski definition) is 0. The first-order valence-corrected chi connectivity index (χ1v) is 13.5. The van der Waals surface area contributed by atoms with Crippen LogP contribution in [0.4, 0.5) is 0 Å². The largest absolute Gasteiger partial charge is 0.493 e. The van der Waals surface area contributed by atoms with E-state index in [0.29, 0.717) is 64.5 Å². The number of rotatable bonds is 12. The van der Waals surface area contributed by atoms with E-state index in [0.717, 1.165) is 17.7 Å². The molecular weight excluding hydrogens is 502 g/mol. The second-order valence-corrected chi connectivity index (χ2v) is 10.2. The third kappa shape index (κ3) is 7.15. The molecule has 1 heterocycles. The Balaban J connectivity index is 1.60. The SMILES string of the molecule is CCOc1cc(/C=C2\SC(=S)N(CC)C2=O)cc(Cl)c1OCCCOc1ccc(C(C)CC)cc1. The van der Waals surface area contributed by atoms with Crippen LogP contribution in [-0.2, 0) is 4.79 Å². The molecule has 8 heteroatoms. The minimum Gasteiger partial charge on any atom is -0.493 e. The summed E-state index contributed by atoms with van der Waals surface area (Å²) < 4.78 is 18.2. The molecule has 3 rings (SSSR count). The number of benzene rings is 2. The van der Waals surface area contributed by atoms with E-state index in [1.54, 1.807) is 17.0 Å². The van der Waals surface area contributed by atoms with Crippen LogP contribution < -0.4 is 14.2 Å². The Kier molecular flexibility index (Phi) is 10.3. The Morgan fingerprint density at radius 3 is 2.43 bits per heavy atom. The van der Waals surface area contributed by atoms with Crippen LogP contribution >= 0.6 is 35.6 Å². The summed E-state index contributed by atoms with van der Waals surface area (Å²) in [6, 6.07) is 11.9. The van der Waals surface area contributed by atoms with Crippen LogP contribution in [0.15, 0.2) is 41.3 Å². The highest BCUT2D eigenvalue weighted by atomic mass is 35.5. The van der Waals surface area contributed by atoms with E-state index < -0.39 is 0 Å². The summed E-state index contributed by atoms with van der Waals surface area (Å²) >= 11 is 13.1. The monoisotopic (exact) mass is 533 g/mol. The van der Waals surface area contributed by atoms with Gasteiger partial charge in [-0.15, -0.1) is 0 Å². The van der Waals surface area contributed by atoms with Crippen molar-refractivity contribution in [2.24, 2.45) is 0 Å². The summed E-state index contributed by atoms with van der Waals surface area (Å²) in [5.74, 6) is 2.34. The van der Waals surface area contributed by atoms with Gasteiger partial charge in [-0.2, -0.15) is 0 Å². The lowest BCUT2D eigenvalue weighted by Gasteiger charge is -2.15. The standard InChI is InChI=1S/C27H32ClNO4S2/c1-5-18(4)20-9-11-21(12-10-20)32-13-8-14-33-25-22(28)15-19(16-23(25)31-7-3)17-24-26(30)29(6-2)27(34)35-24/h9-12,15-18H,5-8,13-14H2,1-4H3/b24-17-. The second kappa shape index (κ2) is 13.2. The van der Waals surface area contributed by atoms with Gasteiger partial charge in [0, 0.05) is 13.0 Å². The van der Waals surface area contributed by atoms with Crippen molar-refractivity contribution in [3.05, 3.63) is 57.5 Å². The molecule has 1 unspecified atom stereocenters. The zero-order chi connectivity index (χ0) is 25.4. The molecule has 0 bridgehead atoms. The molecule has 2 aromatic rings. The van der Waals surface area contributed by atoms with E-state index in [1.807, 2.05) is 32.0 Å². The minimum atomic E-state index is -0.0913. The van der Waals surface area contributed by atoms with Gasteiger partial charge >= 0.3 is 0 Å². The van der Waals surface area contributed by atoms with Gasteiger partial charge in [0.1, 0.15) is 10.1 Å². The van der Waals surface area contributed by atoms with Gasteiger partial charge < -0.3 is 14.2 Å². The average molecular weight is 534 g/mol. The Morgan fingerprint density at radius 2 is 1.80 bits per heavy atom. The molecule has 1 fully saturated rings. The number of amides is 1. The Labute approximate surface area is 222 Å². The number of ether oxygens (including phenoxy) is 3. The fourth-order valence-corrected chi connectivity index (χ4v) is 5.21. The van der Waals surface area contributed by atoms with Crippen molar-refractivity contribution >= 4 is 51.9 Å². The summed E-state index contributed by atoms with van der Waals surface area (Å²) in [4.78, 5) is 14.7. The zero-order valence-electron chi connectivity index (χ0n) is 20.6. The van der Waals surface area contributed by atoms with Crippen molar-refractivity contribution in [3.8, 4) is 17.2 Å². The van der Waals surface area contributed by atoms with E-state index in [-0.39, 0.29) is 5.91 Å². The van der Waals surface area contributed by atoms with Gasteiger partial charge in [0.25, 0.3) is 5.91 Å². The molecule has 1 aliphatic heterocycles. The van der Waals surface area contributed by atoms with Gasteiger partial charge in [-0.3, -0.25) is 9.69 Å². The first-order valence-electron chi connectivity index (χ1n) is 11.9. The van der Waals surface area contributed by atoms with Crippen LogP contribution in [0, 0.1) is 0 Å². The summed E-state index contributed by atoms with van der Waals surface area (Å²) in [5.41, 5.74) is 2.08. The molecular formula is C27H32ClNO4S2. The molecule has 35 heavy (non-hydrogen) atoms. The average Bonchev–Trinajstić information content (AvgIpc) is 3.12. The summed E-state index contributed by atoms with van der Waals surface area (Å²) in [7, 11) is 0. The highest BCUT2D eigenvalue weighted by molar-refractivity contribution is 8.26. The first-order chi connectivity index (χ1) is 16.9. The minimum absolute atomic E-state index is 0.0913. The normalized spacial score (nSPS) is 15.6. The van der Waals surface area contributed by atoms with Crippen molar-refractivity contribution < 1.29 is 19.0 Å². The molecule has 5 nitrogen and oxygen atoms in total. The smallest absolute Gasteiger partial charge is 0.266 e. The molecule has 0 aromatic heterocycles. The summed E-state index contributed by atoms with van der Waals surface area (Å²) in [5, 5.41) is 0.426. The third-order valence-corrected chi connectivity index (χ3v) is 7.34. The fraction of sp³-hybridized carbons (Fsp3) is 0.407. The Bertz CT molecular complexity index is 1070. The second-order valence-electron chi connectivity index (χ2n) is 8.12. The van der Waals surface area contributed by atoms with Gasteiger partial charge in [-0.05, 0) is 67.7 Å². The van der Waals surface area contributed by atoms with Crippen LogP contribution in [0.5, 0.6) is 17.2 Å². The molecule has 0 aliphatic carbocycles. The molecule has 0 saturated carbocycles. The third-order valence-electron chi connectivity index (χ3n) is 5.68. The molecule has 0 spiro atoms. The highest BCUT2D eigenvalue weighted by Gasteiger charge is 2.30. The number of hydrogen-bond acceptors (Lipinski definition) is 6. The predicted octanol–water partition coefficient (Wildman–Crippen LogP) is 7.32. The maximum atomic E-state index is 12.5. The number of thioether (sulfide) groups is 1. The van der Waals surface area contributed by atoms with Gasteiger partial charge in [0.05, 0.1) is 29.7 Å². The lowest BCUT2D eigenvalue weighted by molar-refractivity contribution is -0.121. The Morgan fingerprint density at radius 1 is 1.09 bits per heavy atom. The van der Waals surface area contributed by atoms with Crippen LogP contribution in [0.25, 0.3) is 6.08 Å². The van der Waals surface area contributed by atoms with Gasteiger partial charge in [-0.25, -0.2) is 0 Å². The van der Waals surface area contributed by atoms with Crippen molar-refractivity contribution in [1.82, 2.24) is 4.90 Å². The maximum absolute atomic E-state index is 12.5. The molecule has 0 N–H and O–H groups in total. The zero-order valence-corrected chi connectivity index (χ0v) is 23.0. The van der Waals surface area contributed by atoms with E-state index in [4.69, 9.17) is 38.0 Å². The number of likely N-dealkylation sites (N-methyl/N-ethyl adjacent to an activating group) is 1.